The van der Waals surface area contributed by atoms with Crippen LogP contribution >= 0.6 is 0 Å². The first-order valence-corrected chi connectivity index (χ1v) is 16.3. The minimum absolute atomic E-state index is 0.104. The van der Waals surface area contributed by atoms with Gasteiger partial charge in [-0.3, -0.25) is 28.9 Å². The molecule has 3 aromatic rings. The second-order valence-electron chi connectivity index (χ2n) is 13.0. The van der Waals surface area contributed by atoms with Crippen molar-refractivity contribution in [3.8, 4) is 17.2 Å². The first-order chi connectivity index (χ1) is 23.6. The van der Waals surface area contributed by atoms with E-state index in [1.807, 2.05) is 42.5 Å². The standard InChI is InChI=1S/C39H35NO9/c1-48-29-17-22(18-30(49-2)36(29)45)34-24-13-14-25-33(38(47)40(37(25)46)16-15-32(42)43)27(24)19-28-35(44)26(21-9-5-3-6-10-21)20-31(41)39(28,34)23-11-7-4-8-12-23/h3-13,17-18,20,25,27-28,33-34,45H,14-16,19H2,1-2H3,(H,42,43). The van der Waals surface area contributed by atoms with Gasteiger partial charge >= 0.3 is 5.97 Å². The van der Waals surface area contributed by atoms with Gasteiger partial charge in [0.2, 0.25) is 17.6 Å². The van der Waals surface area contributed by atoms with Gasteiger partial charge in [-0.25, -0.2) is 0 Å². The van der Waals surface area contributed by atoms with Crippen molar-refractivity contribution >= 4 is 34.9 Å². The van der Waals surface area contributed by atoms with Crippen molar-refractivity contribution in [3.05, 3.63) is 107 Å². The molecule has 0 radical (unpaired) electrons. The summed E-state index contributed by atoms with van der Waals surface area (Å²) < 4.78 is 11.1. The van der Waals surface area contributed by atoms with Crippen LogP contribution in [0.25, 0.3) is 5.57 Å². The number of methoxy groups -OCH3 is 2. The predicted molar refractivity (Wildman–Crippen MR) is 177 cm³/mol. The van der Waals surface area contributed by atoms with E-state index in [0.717, 1.165) is 10.5 Å². The molecule has 10 heteroatoms. The number of rotatable bonds is 8. The lowest BCUT2D eigenvalue weighted by Gasteiger charge is -2.55. The molecule has 1 saturated carbocycles. The number of hydrogen-bond acceptors (Lipinski definition) is 8. The van der Waals surface area contributed by atoms with Crippen molar-refractivity contribution in [2.24, 2.45) is 23.7 Å². The number of carbonyl (C=O) groups is 5. The van der Waals surface area contributed by atoms with Crippen LogP contribution in [0.4, 0.5) is 0 Å². The second-order valence-corrected chi connectivity index (χ2v) is 13.0. The number of carboxylic acid groups (broad SMARTS) is 1. The van der Waals surface area contributed by atoms with Crippen LogP contribution in [0.1, 0.15) is 41.9 Å². The Kier molecular flexibility index (Phi) is 7.97. The monoisotopic (exact) mass is 661 g/mol. The molecule has 2 N–H and O–H groups in total. The van der Waals surface area contributed by atoms with E-state index in [1.54, 1.807) is 36.4 Å². The molecule has 1 heterocycles. The van der Waals surface area contributed by atoms with Gasteiger partial charge < -0.3 is 19.7 Å². The maximum atomic E-state index is 15.1. The van der Waals surface area contributed by atoms with Gasteiger partial charge in [0, 0.05) is 24.0 Å². The average Bonchev–Trinajstić information content (AvgIpc) is 3.36. The maximum Gasteiger partial charge on any atom is 0.305 e. The Labute approximate surface area is 282 Å². The Balaban J connectivity index is 1.50. The number of benzene rings is 3. The minimum atomic E-state index is -1.46. The summed E-state index contributed by atoms with van der Waals surface area (Å²) in [6, 6.07) is 21.4. The van der Waals surface area contributed by atoms with Crippen molar-refractivity contribution in [2.75, 3.05) is 20.8 Å². The van der Waals surface area contributed by atoms with Gasteiger partial charge in [-0.1, -0.05) is 72.3 Å². The molecule has 1 saturated heterocycles. The molecular weight excluding hydrogens is 626 g/mol. The van der Waals surface area contributed by atoms with E-state index >= 15 is 4.79 Å². The van der Waals surface area contributed by atoms with Gasteiger partial charge in [0.25, 0.3) is 0 Å². The predicted octanol–water partition coefficient (Wildman–Crippen LogP) is 4.71. The van der Waals surface area contributed by atoms with E-state index in [1.165, 1.54) is 20.3 Å². The number of carboxylic acids is 1. The fourth-order valence-corrected chi connectivity index (χ4v) is 8.82. The van der Waals surface area contributed by atoms with Gasteiger partial charge in [-0.05, 0) is 53.7 Å². The molecule has 6 unspecified atom stereocenters. The largest absolute Gasteiger partial charge is 0.502 e. The highest BCUT2D eigenvalue weighted by atomic mass is 16.5. The van der Waals surface area contributed by atoms with Gasteiger partial charge in [0.05, 0.1) is 37.9 Å². The van der Waals surface area contributed by atoms with E-state index in [9.17, 15) is 29.4 Å². The molecule has 10 nitrogen and oxygen atoms in total. The maximum absolute atomic E-state index is 15.1. The number of ketones is 2. The number of hydrogen-bond donors (Lipinski definition) is 2. The number of allylic oxidation sites excluding steroid dienone is 4. The zero-order valence-corrected chi connectivity index (χ0v) is 27.0. The highest BCUT2D eigenvalue weighted by molar-refractivity contribution is 6.31. The number of nitrogens with zero attached hydrogens (tertiary/aromatic N) is 1. The van der Waals surface area contributed by atoms with Crippen LogP contribution in [0.3, 0.4) is 0 Å². The number of fused-ring (bicyclic) bond motifs is 4. The van der Waals surface area contributed by atoms with E-state index in [-0.39, 0.29) is 60.2 Å². The number of ether oxygens (including phenoxy) is 2. The lowest BCUT2D eigenvalue weighted by Crippen LogP contribution is -2.58. The van der Waals surface area contributed by atoms with E-state index in [2.05, 4.69) is 0 Å². The van der Waals surface area contributed by atoms with Gasteiger partial charge in [0.1, 0.15) is 0 Å². The molecule has 0 aromatic heterocycles. The average molecular weight is 662 g/mol. The van der Waals surface area contributed by atoms with E-state index in [0.29, 0.717) is 16.7 Å². The third-order valence-corrected chi connectivity index (χ3v) is 10.9. The van der Waals surface area contributed by atoms with E-state index in [4.69, 9.17) is 9.47 Å². The molecule has 4 aliphatic rings. The summed E-state index contributed by atoms with van der Waals surface area (Å²) in [6.45, 7) is -0.243. The van der Waals surface area contributed by atoms with Crippen LogP contribution in [0, 0.1) is 23.7 Å². The molecule has 7 rings (SSSR count). The van der Waals surface area contributed by atoms with Crippen molar-refractivity contribution in [2.45, 2.75) is 30.6 Å². The van der Waals surface area contributed by atoms with Crippen LogP contribution in [-0.2, 0) is 29.4 Å². The van der Waals surface area contributed by atoms with E-state index < -0.39 is 52.8 Å². The number of phenolic OH excluding ortho intramolecular Hbond substituents is 1. The smallest absolute Gasteiger partial charge is 0.305 e. The Hall–Kier alpha value is -5.51. The first-order valence-electron chi connectivity index (χ1n) is 16.3. The number of aliphatic carboxylic acids is 1. The Morgan fingerprint density at radius 3 is 2.14 bits per heavy atom. The molecule has 0 spiro atoms. The van der Waals surface area contributed by atoms with Crippen LogP contribution in [0.2, 0.25) is 0 Å². The van der Waals surface area contributed by atoms with Gasteiger partial charge in [0.15, 0.2) is 23.1 Å². The summed E-state index contributed by atoms with van der Waals surface area (Å²) >= 11 is 0. The van der Waals surface area contributed by atoms with Crippen molar-refractivity contribution < 1.29 is 43.7 Å². The first kappa shape index (κ1) is 32.1. The normalized spacial score (nSPS) is 27.5. The molecule has 2 amide bonds. The summed E-state index contributed by atoms with van der Waals surface area (Å²) in [5.74, 6) is -6.52. The zero-order valence-electron chi connectivity index (χ0n) is 27.0. The lowest BCUT2D eigenvalue weighted by atomic mass is 9.44. The molecule has 2 fully saturated rings. The molecule has 250 valence electrons. The van der Waals surface area contributed by atoms with Crippen LogP contribution in [0.15, 0.2) is 90.5 Å². The lowest BCUT2D eigenvalue weighted by molar-refractivity contribution is -0.142. The van der Waals surface area contributed by atoms with Crippen LogP contribution in [0.5, 0.6) is 17.2 Å². The topological polar surface area (TPSA) is 148 Å². The summed E-state index contributed by atoms with van der Waals surface area (Å²) in [6.07, 6.45) is 3.30. The number of Topliss-reactive ketones (excluding diaryl/α,β-unsaturated/α-hetero) is 1. The Bertz CT molecular complexity index is 1920. The second kappa shape index (κ2) is 12.2. The summed E-state index contributed by atoms with van der Waals surface area (Å²) in [5.41, 5.74) is 1.30. The number of aromatic hydroxyl groups is 1. The summed E-state index contributed by atoms with van der Waals surface area (Å²) in [4.78, 5) is 70.2. The molecule has 3 aromatic carbocycles. The Morgan fingerprint density at radius 2 is 1.53 bits per heavy atom. The number of imide groups is 1. The molecule has 3 aliphatic carbocycles. The molecular formula is C39H35NO9. The fraction of sp³-hybridized carbons (Fsp3) is 0.308. The number of amides is 2. The SMILES string of the molecule is COc1cc(C2C3=CCC4C(=O)N(CCC(=O)O)C(=O)C4C3CC3C(=O)C(c4ccccc4)=CC(=O)C32c2ccccc2)cc(OC)c1O. The van der Waals surface area contributed by atoms with Crippen LogP contribution < -0.4 is 9.47 Å². The van der Waals surface area contributed by atoms with Crippen LogP contribution in [-0.4, -0.2) is 65.2 Å². The summed E-state index contributed by atoms with van der Waals surface area (Å²) in [7, 11) is 2.81. The van der Waals surface area contributed by atoms with Crippen molar-refractivity contribution in [1.29, 1.82) is 0 Å². The molecule has 6 atom stereocenters. The van der Waals surface area contributed by atoms with Crippen molar-refractivity contribution in [3.63, 3.8) is 0 Å². The third kappa shape index (κ3) is 4.80. The number of phenols is 1. The quantitative estimate of drug-likeness (QED) is 0.259. The van der Waals surface area contributed by atoms with Crippen molar-refractivity contribution in [1.82, 2.24) is 4.90 Å². The summed E-state index contributed by atoms with van der Waals surface area (Å²) in [5, 5.41) is 20.2. The molecule has 1 aliphatic heterocycles. The zero-order chi connectivity index (χ0) is 34.6. The fourth-order valence-electron chi connectivity index (χ4n) is 8.82. The minimum Gasteiger partial charge on any atom is -0.502 e. The number of carbonyl (C=O) groups excluding carboxylic acids is 4. The Morgan fingerprint density at radius 1 is 0.898 bits per heavy atom. The van der Waals surface area contributed by atoms with Gasteiger partial charge in [-0.2, -0.15) is 0 Å². The molecule has 0 bridgehead atoms. The highest BCUT2D eigenvalue weighted by Crippen LogP contribution is 2.64. The number of likely N-dealkylation sites (tertiary alicyclic amines) is 1. The third-order valence-electron chi connectivity index (χ3n) is 10.9. The van der Waals surface area contributed by atoms with Gasteiger partial charge in [-0.15, -0.1) is 0 Å². The highest BCUT2D eigenvalue weighted by Gasteiger charge is 2.66. The molecule has 49 heavy (non-hydrogen) atoms.